The van der Waals surface area contributed by atoms with Gasteiger partial charge in [0.1, 0.15) is 0 Å². The topological polar surface area (TPSA) is 49.4 Å². The van der Waals surface area contributed by atoms with Gasteiger partial charge in [0.25, 0.3) is 0 Å². The van der Waals surface area contributed by atoms with Crippen molar-refractivity contribution in [3.05, 3.63) is 28.8 Å². The summed E-state index contributed by atoms with van der Waals surface area (Å²) in [6.45, 7) is 2.65. The quantitative estimate of drug-likeness (QED) is 0.809. The van der Waals surface area contributed by atoms with Crippen LogP contribution in [0, 0.1) is 11.8 Å². The molecule has 1 fully saturated rings. The van der Waals surface area contributed by atoms with Gasteiger partial charge in [-0.15, -0.1) is 0 Å². The number of hydrogen-bond donors (Lipinski definition) is 1. The molecule has 0 bridgehead atoms. The number of unbranched alkanes of at least 4 members (excludes halogenated alkanes) is 1. The van der Waals surface area contributed by atoms with E-state index >= 15 is 0 Å². The first-order valence-corrected chi connectivity index (χ1v) is 8.45. The van der Waals surface area contributed by atoms with Crippen LogP contribution in [0.25, 0.3) is 0 Å². The van der Waals surface area contributed by atoms with Crippen molar-refractivity contribution in [2.75, 3.05) is 18.9 Å². The molecule has 1 N–H and O–H groups in total. The summed E-state index contributed by atoms with van der Waals surface area (Å²) in [6, 6.07) is 3.20. The lowest BCUT2D eigenvalue weighted by Crippen LogP contribution is -2.30. The monoisotopic (exact) mass is 376 g/mol. The number of amides is 2. The van der Waals surface area contributed by atoms with Crippen LogP contribution in [0.4, 0.5) is 18.9 Å². The Balaban J connectivity index is 1.97. The summed E-state index contributed by atoms with van der Waals surface area (Å²) in [6.07, 6.45) is -2.33. The van der Waals surface area contributed by atoms with Crippen molar-refractivity contribution < 1.29 is 22.8 Å². The highest BCUT2D eigenvalue weighted by atomic mass is 35.5. The maximum atomic E-state index is 12.8. The molecule has 8 heteroatoms. The zero-order valence-electron chi connectivity index (χ0n) is 14.0. The third-order valence-electron chi connectivity index (χ3n) is 4.21. The molecule has 0 spiro atoms. The lowest BCUT2D eigenvalue weighted by molar-refractivity contribution is -0.137. The van der Waals surface area contributed by atoms with Gasteiger partial charge in [0.2, 0.25) is 11.8 Å². The van der Waals surface area contributed by atoms with Crippen molar-refractivity contribution in [2.24, 2.45) is 11.8 Å². The molecule has 1 saturated carbocycles. The third kappa shape index (κ3) is 4.87. The molecule has 138 valence electrons. The molecular formula is C17H20ClF3N2O2. The standard InChI is InChI=1S/C17H20ClF3N2O2/c1-3-4-7-23(2)16(25)12-9-11(12)15(24)22-10-5-6-14(18)13(8-10)17(19,20)21/h5-6,8,11-12H,3-4,7,9H2,1-2H3,(H,22,24). The molecule has 0 aromatic heterocycles. The van der Waals surface area contributed by atoms with Gasteiger partial charge in [0.15, 0.2) is 0 Å². The highest BCUT2D eigenvalue weighted by Gasteiger charge is 2.49. The van der Waals surface area contributed by atoms with Crippen molar-refractivity contribution in [3.63, 3.8) is 0 Å². The fourth-order valence-corrected chi connectivity index (χ4v) is 2.83. The third-order valence-corrected chi connectivity index (χ3v) is 4.54. The molecule has 2 unspecified atom stereocenters. The number of rotatable bonds is 6. The summed E-state index contributed by atoms with van der Waals surface area (Å²) in [5.41, 5.74) is -0.992. The minimum atomic E-state index is -4.60. The second kappa shape index (κ2) is 7.64. The first-order valence-electron chi connectivity index (χ1n) is 8.07. The van der Waals surface area contributed by atoms with Crippen LogP contribution in [0.1, 0.15) is 31.7 Å². The van der Waals surface area contributed by atoms with E-state index in [0.29, 0.717) is 13.0 Å². The average molecular weight is 377 g/mol. The molecule has 1 aromatic rings. The highest BCUT2D eigenvalue weighted by molar-refractivity contribution is 6.31. The van der Waals surface area contributed by atoms with E-state index in [0.717, 1.165) is 25.0 Å². The highest BCUT2D eigenvalue weighted by Crippen LogP contribution is 2.41. The van der Waals surface area contributed by atoms with Gasteiger partial charge in [-0.05, 0) is 31.0 Å². The van der Waals surface area contributed by atoms with Crippen LogP contribution in [-0.4, -0.2) is 30.3 Å². The Morgan fingerprint density at radius 3 is 2.60 bits per heavy atom. The van der Waals surface area contributed by atoms with E-state index < -0.39 is 34.5 Å². The Bertz CT molecular complexity index is 664. The Morgan fingerprint density at radius 2 is 2.00 bits per heavy atom. The van der Waals surface area contributed by atoms with Gasteiger partial charge in [-0.3, -0.25) is 9.59 Å². The van der Waals surface area contributed by atoms with E-state index in [9.17, 15) is 22.8 Å². The molecule has 4 nitrogen and oxygen atoms in total. The van der Waals surface area contributed by atoms with Gasteiger partial charge in [-0.2, -0.15) is 13.2 Å². The molecule has 0 aliphatic heterocycles. The van der Waals surface area contributed by atoms with Crippen molar-refractivity contribution in [3.8, 4) is 0 Å². The van der Waals surface area contributed by atoms with Gasteiger partial charge in [0.05, 0.1) is 22.4 Å². The van der Waals surface area contributed by atoms with E-state index in [2.05, 4.69) is 5.32 Å². The smallest absolute Gasteiger partial charge is 0.346 e. The molecule has 2 amide bonds. The van der Waals surface area contributed by atoms with Gasteiger partial charge >= 0.3 is 6.18 Å². The van der Waals surface area contributed by atoms with Gasteiger partial charge in [0, 0.05) is 19.3 Å². The summed E-state index contributed by atoms with van der Waals surface area (Å²) >= 11 is 5.55. The second-order valence-electron chi connectivity index (χ2n) is 6.24. The SMILES string of the molecule is CCCCN(C)C(=O)C1CC1C(=O)Nc1ccc(Cl)c(C(F)(F)F)c1. The van der Waals surface area contributed by atoms with Crippen LogP contribution >= 0.6 is 11.6 Å². The largest absolute Gasteiger partial charge is 0.417 e. The fraction of sp³-hybridized carbons (Fsp3) is 0.529. The Labute approximate surface area is 149 Å². The normalized spacial score (nSPS) is 19.4. The number of alkyl halides is 3. The van der Waals surface area contributed by atoms with E-state index in [1.165, 1.54) is 6.07 Å². The first-order chi connectivity index (χ1) is 11.6. The van der Waals surface area contributed by atoms with Gasteiger partial charge < -0.3 is 10.2 Å². The molecule has 0 radical (unpaired) electrons. The van der Waals surface area contributed by atoms with Crippen molar-refractivity contribution >= 4 is 29.1 Å². The van der Waals surface area contributed by atoms with Crippen LogP contribution in [0.2, 0.25) is 5.02 Å². The Hall–Kier alpha value is -1.76. The summed E-state index contributed by atoms with van der Waals surface area (Å²) in [4.78, 5) is 26.0. The van der Waals surface area contributed by atoms with Crippen molar-refractivity contribution in [1.82, 2.24) is 4.90 Å². The molecule has 0 saturated heterocycles. The summed E-state index contributed by atoms with van der Waals surface area (Å²) in [5, 5.41) is 2.01. The first kappa shape index (κ1) is 19.6. The maximum absolute atomic E-state index is 12.8. The van der Waals surface area contributed by atoms with Crippen LogP contribution in [0.5, 0.6) is 0 Å². The lowest BCUT2D eigenvalue weighted by atomic mass is 10.2. The number of hydrogen-bond acceptors (Lipinski definition) is 2. The van der Waals surface area contributed by atoms with E-state index in [1.54, 1.807) is 11.9 Å². The molecule has 2 atom stereocenters. The van der Waals surface area contributed by atoms with Gasteiger partial charge in [-0.25, -0.2) is 0 Å². The van der Waals surface area contributed by atoms with E-state index in [1.807, 2.05) is 6.92 Å². The molecule has 1 aliphatic rings. The second-order valence-corrected chi connectivity index (χ2v) is 6.65. The maximum Gasteiger partial charge on any atom is 0.417 e. The van der Waals surface area contributed by atoms with Gasteiger partial charge in [-0.1, -0.05) is 24.9 Å². The number of carbonyl (C=O) groups is 2. The number of nitrogens with one attached hydrogen (secondary N) is 1. The lowest BCUT2D eigenvalue weighted by Gasteiger charge is -2.16. The molecule has 2 rings (SSSR count). The molecule has 1 aromatic carbocycles. The summed E-state index contributed by atoms with van der Waals surface area (Å²) in [7, 11) is 1.69. The number of carbonyl (C=O) groups excluding carboxylic acids is 2. The summed E-state index contributed by atoms with van der Waals surface area (Å²) < 4.78 is 38.5. The number of halogens is 4. The minimum Gasteiger partial charge on any atom is -0.346 e. The average Bonchev–Trinajstić information content (AvgIpc) is 3.33. The number of anilines is 1. The Morgan fingerprint density at radius 1 is 1.32 bits per heavy atom. The van der Waals surface area contributed by atoms with Crippen LogP contribution in [0.15, 0.2) is 18.2 Å². The van der Waals surface area contributed by atoms with Crippen LogP contribution < -0.4 is 5.32 Å². The van der Waals surface area contributed by atoms with E-state index in [4.69, 9.17) is 11.6 Å². The zero-order chi connectivity index (χ0) is 18.8. The number of nitrogens with zero attached hydrogens (tertiary/aromatic N) is 1. The Kier molecular flexibility index (Phi) is 5.98. The molecule has 0 heterocycles. The predicted molar refractivity (Wildman–Crippen MR) is 89.2 cm³/mol. The molecular weight excluding hydrogens is 357 g/mol. The van der Waals surface area contributed by atoms with Crippen molar-refractivity contribution in [1.29, 1.82) is 0 Å². The van der Waals surface area contributed by atoms with E-state index in [-0.39, 0.29) is 11.6 Å². The van der Waals surface area contributed by atoms with Crippen LogP contribution in [-0.2, 0) is 15.8 Å². The molecule has 25 heavy (non-hydrogen) atoms. The minimum absolute atomic E-state index is 0.0131. The molecule has 1 aliphatic carbocycles. The van der Waals surface area contributed by atoms with Crippen LogP contribution in [0.3, 0.4) is 0 Å². The van der Waals surface area contributed by atoms with Crippen molar-refractivity contribution in [2.45, 2.75) is 32.4 Å². The zero-order valence-corrected chi connectivity index (χ0v) is 14.7. The summed E-state index contributed by atoms with van der Waals surface area (Å²) in [5.74, 6) is -1.43. The predicted octanol–water partition coefficient (Wildman–Crippen LogP) is 4.19. The number of benzene rings is 1. The fourth-order valence-electron chi connectivity index (χ4n) is 2.60.